The summed E-state index contributed by atoms with van der Waals surface area (Å²) in [6.45, 7) is 0.759. The van der Waals surface area contributed by atoms with Gasteiger partial charge in [0.1, 0.15) is 0 Å². The van der Waals surface area contributed by atoms with Gasteiger partial charge in [0.15, 0.2) is 0 Å². The van der Waals surface area contributed by atoms with Gasteiger partial charge >= 0.3 is 0 Å². The summed E-state index contributed by atoms with van der Waals surface area (Å²) < 4.78 is 0. The molecule has 0 saturated heterocycles. The standard InChI is InChI=1S/C17H19N3O3/c1-18(15-8-10-16(11-9-15)20(22)23)13-17(21)19(2)12-14-6-4-3-5-7-14/h3-11H,12-13H2,1-2H3. The Morgan fingerprint density at radius 3 is 2.22 bits per heavy atom. The number of non-ortho nitro benzene ring substituents is 1. The molecule has 6 heteroatoms. The number of rotatable bonds is 6. The average molecular weight is 313 g/mol. The van der Waals surface area contributed by atoms with Gasteiger partial charge < -0.3 is 9.80 Å². The smallest absolute Gasteiger partial charge is 0.269 e. The van der Waals surface area contributed by atoms with Crippen molar-refractivity contribution in [3.05, 3.63) is 70.3 Å². The molecule has 0 atom stereocenters. The second-order valence-corrected chi connectivity index (χ2v) is 5.36. The zero-order valence-electron chi connectivity index (χ0n) is 13.2. The van der Waals surface area contributed by atoms with Crippen molar-refractivity contribution >= 4 is 17.3 Å². The molecule has 2 aromatic rings. The van der Waals surface area contributed by atoms with E-state index in [-0.39, 0.29) is 18.1 Å². The van der Waals surface area contributed by atoms with Gasteiger partial charge in [-0.25, -0.2) is 0 Å². The molecule has 23 heavy (non-hydrogen) atoms. The number of benzene rings is 2. The van der Waals surface area contributed by atoms with Crippen molar-refractivity contribution in [2.75, 3.05) is 25.5 Å². The Morgan fingerprint density at radius 2 is 1.65 bits per heavy atom. The van der Waals surface area contributed by atoms with Crippen molar-refractivity contribution in [3.8, 4) is 0 Å². The van der Waals surface area contributed by atoms with Gasteiger partial charge in [-0.05, 0) is 17.7 Å². The van der Waals surface area contributed by atoms with E-state index in [0.29, 0.717) is 6.54 Å². The highest BCUT2D eigenvalue weighted by atomic mass is 16.6. The molecule has 0 aliphatic rings. The maximum Gasteiger partial charge on any atom is 0.269 e. The number of hydrogen-bond donors (Lipinski definition) is 0. The van der Waals surface area contributed by atoms with Crippen LogP contribution in [0, 0.1) is 10.1 Å². The Bertz CT molecular complexity index is 671. The lowest BCUT2D eigenvalue weighted by atomic mass is 10.2. The highest BCUT2D eigenvalue weighted by molar-refractivity contribution is 5.81. The molecule has 0 aliphatic carbocycles. The van der Waals surface area contributed by atoms with Gasteiger partial charge in [-0.2, -0.15) is 0 Å². The van der Waals surface area contributed by atoms with E-state index < -0.39 is 4.92 Å². The van der Waals surface area contributed by atoms with Gasteiger partial charge in [0, 0.05) is 38.5 Å². The van der Waals surface area contributed by atoms with Gasteiger partial charge in [-0.15, -0.1) is 0 Å². The maximum absolute atomic E-state index is 12.3. The topological polar surface area (TPSA) is 66.7 Å². The Labute approximate surface area is 135 Å². The number of nitrogens with zero attached hydrogens (tertiary/aromatic N) is 3. The van der Waals surface area contributed by atoms with Crippen LogP contribution in [0.4, 0.5) is 11.4 Å². The lowest BCUT2D eigenvalue weighted by molar-refractivity contribution is -0.384. The van der Waals surface area contributed by atoms with E-state index in [1.807, 2.05) is 30.3 Å². The van der Waals surface area contributed by atoms with E-state index in [1.54, 1.807) is 36.0 Å². The molecule has 0 aromatic heterocycles. The largest absolute Gasteiger partial charge is 0.365 e. The van der Waals surface area contributed by atoms with Crippen molar-refractivity contribution in [2.24, 2.45) is 0 Å². The molecule has 0 spiro atoms. The lowest BCUT2D eigenvalue weighted by Crippen LogP contribution is -2.36. The van der Waals surface area contributed by atoms with Crippen LogP contribution in [-0.4, -0.2) is 36.4 Å². The molecule has 0 aliphatic heterocycles. The van der Waals surface area contributed by atoms with Crippen molar-refractivity contribution in [1.29, 1.82) is 0 Å². The first-order valence-electron chi connectivity index (χ1n) is 7.21. The molecule has 0 heterocycles. The number of amides is 1. The third-order valence-corrected chi connectivity index (χ3v) is 3.56. The summed E-state index contributed by atoms with van der Waals surface area (Å²) in [5.41, 5.74) is 1.87. The van der Waals surface area contributed by atoms with Crippen LogP contribution < -0.4 is 4.90 Å². The zero-order chi connectivity index (χ0) is 16.8. The lowest BCUT2D eigenvalue weighted by Gasteiger charge is -2.23. The van der Waals surface area contributed by atoms with E-state index >= 15 is 0 Å². The third-order valence-electron chi connectivity index (χ3n) is 3.56. The summed E-state index contributed by atoms with van der Waals surface area (Å²) in [5, 5.41) is 10.7. The molecular formula is C17H19N3O3. The van der Waals surface area contributed by atoms with E-state index in [9.17, 15) is 14.9 Å². The Hall–Kier alpha value is -2.89. The summed E-state index contributed by atoms with van der Waals surface area (Å²) in [6, 6.07) is 15.9. The second-order valence-electron chi connectivity index (χ2n) is 5.36. The normalized spacial score (nSPS) is 10.2. The van der Waals surface area contributed by atoms with Gasteiger partial charge in [-0.3, -0.25) is 14.9 Å². The first-order valence-corrected chi connectivity index (χ1v) is 7.21. The number of anilines is 1. The van der Waals surface area contributed by atoms with Crippen molar-refractivity contribution < 1.29 is 9.72 Å². The third kappa shape index (κ3) is 4.54. The van der Waals surface area contributed by atoms with Gasteiger partial charge in [0.25, 0.3) is 5.69 Å². The maximum atomic E-state index is 12.3. The molecule has 0 unspecified atom stereocenters. The molecule has 2 rings (SSSR count). The van der Waals surface area contributed by atoms with Crippen molar-refractivity contribution in [1.82, 2.24) is 4.90 Å². The van der Waals surface area contributed by atoms with Gasteiger partial charge in [0.2, 0.25) is 5.91 Å². The van der Waals surface area contributed by atoms with Gasteiger partial charge in [-0.1, -0.05) is 30.3 Å². The van der Waals surface area contributed by atoms with E-state index in [2.05, 4.69) is 0 Å². The Morgan fingerprint density at radius 1 is 1.04 bits per heavy atom. The number of hydrogen-bond acceptors (Lipinski definition) is 4. The van der Waals surface area contributed by atoms with Crippen molar-refractivity contribution in [2.45, 2.75) is 6.54 Å². The SMILES string of the molecule is CN(Cc1ccccc1)C(=O)CN(C)c1ccc([N+](=O)[O-])cc1. The van der Waals surface area contributed by atoms with Crippen LogP contribution >= 0.6 is 0 Å². The number of carbonyl (C=O) groups is 1. The van der Waals surface area contributed by atoms with E-state index in [1.165, 1.54) is 12.1 Å². The van der Waals surface area contributed by atoms with Crippen LogP contribution in [-0.2, 0) is 11.3 Å². The molecule has 0 N–H and O–H groups in total. The van der Waals surface area contributed by atoms with Crippen LogP contribution in [0.15, 0.2) is 54.6 Å². The highest BCUT2D eigenvalue weighted by Crippen LogP contribution is 2.18. The second kappa shape index (κ2) is 7.40. The number of carbonyl (C=O) groups excluding carboxylic acids is 1. The Balaban J connectivity index is 1.94. The summed E-state index contributed by atoms with van der Waals surface area (Å²) >= 11 is 0. The van der Waals surface area contributed by atoms with Gasteiger partial charge in [0.05, 0.1) is 11.5 Å². The summed E-state index contributed by atoms with van der Waals surface area (Å²) in [6.07, 6.45) is 0. The molecule has 0 saturated carbocycles. The number of likely N-dealkylation sites (N-methyl/N-ethyl adjacent to an activating group) is 2. The fourth-order valence-electron chi connectivity index (χ4n) is 2.19. The van der Waals surface area contributed by atoms with Crippen LogP contribution in [0.25, 0.3) is 0 Å². The first-order chi connectivity index (χ1) is 11.0. The monoisotopic (exact) mass is 313 g/mol. The van der Waals surface area contributed by atoms with Crippen molar-refractivity contribution in [3.63, 3.8) is 0 Å². The molecule has 6 nitrogen and oxygen atoms in total. The van der Waals surface area contributed by atoms with E-state index in [0.717, 1.165) is 11.3 Å². The summed E-state index contributed by atoms with van der Waals surface area (Å²) in [4.78, 5) is 25.9. The fourth-order valence-corrected chi connectivity index (χ4v) is 2.19. The predicted molar refractivity (Wildman–Crippen MR) is 89.3 cm³/mol. The molecule has 2 aromatic carbocycles. The van der Waals surface area contributed by atoms with Crippen LogP contribution in [0.1, 0.15) is 5.56 Å². The number of nitro groups is 1. The van der Waals surface area contributed by atoms with Crippen LogP contribution in [0.2, 0.25) is 0 Å². The first kappa shape index (κ1) is 16.5. The molecule has 1 amide bonds. The minimum Gasteiger partial charge on any atom is -0.365 e. The molecule has 0 radical (unpaired) electrons. The van der Waals surface area contributed by atoms with E-state index in [4.69, 9.17) is 0 Å². The number of nitro benzene ring substituents is 1. The highest BCUT2D eigenvalue weighted by Gasteiger charge is 2.13. The molecule has 0 fully saturated rings. The minimum atomic E-state index is -0.442. The summed E-state index contributed by atoms with van der Waals surface area (Å²) in [5.74, 6) is -0.0188. The Kier molecular flexibility index (Phi) is 5.30. The molecular weight excluding hydrogens is 294 g/mol. The average Bonchev–Trinajstić information content (AvgIpc) is 2.55. The van der Waals surface area contributed by atoms with Crippen LogP contribution in [0.5, 0.6) is 0 Å². The quantitative estimate of drug-likeness (QED) is 0.607. The molecule has 0 bridgehead atoms. The summed E-state index contributed by atoms with van der Waals surface area (Å²) in [7, 11) is 3.55. The zero-order valence-corrected chi connectivity index (χ0v) is 13.2. The molecule has 120 valence electrons. The minimum absolute atomic E-state index is 0.0188. The predicted octanol–water partition coefficient (Wildman–Crippen LogP) is 2.69. The fraction of sp³-hybridized carbons (Fsp3) is 0.235. The van der Waals surface area contributed by atoms with Crippen LogP contribution in [0.3, 0.4) is 0 Å².